The van der Waals surface area contributed by atoms with Crippen molar-refractivity contribution in [3.8, 4) is 5.75 Å². The van der Waals surface area contributed by atoms with Gasteiger partial charge in [0, 0.05) is 11.3 Å². The van der Waals surface area contributed by atoms with Gasteiger partial charge < -0.3 is 14.3 Å². The number of benzene rings is 2. The number of aliphatic hydroxyl groups excluding tert-OH is 1. The SMILES string of the molecule is CCOc1ccc(/C(O)=C2/C(=O)C(=O)N(c3cccc(F)c3)C2c2ccc(C)o2)cc1. The molecule has 1 unspecified atom stereocenters. The third kappa shape index (κ3) is 3.70. The van der Waals surface area contributed by atoms with Crippen molar-refractivity contribution in [2.24, 2.45) is 0 Å². The molecule has 6 nitrogen and oxygen atoms in total. The summed E-state index contributed by atoms with van der Waals surface area (Å²) in [5, 5.41) is 11.0. The molecule has 0 bridgehead atoms. The maximum atomic E-state index is 13.9. The predicted octanol–water partition coefficient (Wildman–Crippen LogP) is 4.75. The van der Waals surface area contributed by atoms with Gasteiger partial charge in [0.25, 0.3) is 11.7 Å². The molecule has 0 aliphatic carbocycles. The molecule has 1 fully saturated rings. The molecular weight excluding hydrogens is 401 g/mol. The van der Waals surface area contributed by atoms with Crippen molar-refractivity contribution in [3.05, 3.63) is 89.1 Å². The fourth-order valence-corrected chi connectivity index (χ4v) is 3.63. The number of amides is 1. The number of ether oxygens (including phenoxy) is 1. The molecule has 2 heterocycles. The first-order chi connectivity index (χ1) is 14.9. The standard InChI is InChI=1S/C24H20FNO5/c1-3-30-18-10-8-15(9-11-18)22(27)20-21(19-12-7-14(2)31-19)26(24(29)23(20)28)17-6-4-5-16(25)13-17/h4-13,21,27H,3H2,1-2H3/b22-20-. The molecule has 1 atom stereocenters. The fourth-order valence-electron chi connectivity index (χ4n) is 3.63. The smallest absolute Gasteiger partial charge is 0.300 e. The van der Waals surface area contributed by atoms with Gasteiger partial charge in [-0.05, 0) is 68.4 Å². The number of rotatable bonds is 5. The highest BCUT2D eigenvalue weighted by molar-refractivity contribution is 6.51. The normalized spacial score (nSPS) is 17.9. The number of halogens is 1. The van der Waals surface area contributed by atoms with Gasteiger partial charge in [0.05, 0.1) is 12.2 Å². The summed E-state index contributed by atoms with van der Waals surface area (Å²) in [6.45, 7) is 4.07. The van der Waals surface area contributed by atoms with Crippen LogP contribution in [-0.4, -0.2) is 23.4 Å². The van der Waals surface area contributed by atoms with Crippen molar-refractivity contribution >= 4 is 23.1 Å². The Balaban J connectivity index is 1.88. The lowest BCUT2D eigenvalue weighted by Gasteiger charge is -2.23. The van der Waals surface area contributed by atoms with E-state index < -0.39 is 23.5 Å². The average molecular weight is 421 g/mol. The summed E-state index contributed by atoms with van der Waals surface area (Å²) in [5.41, 5.74) is 0.397. The van der Waals surface area contributed by atoms with E-state index >= 15 is 0 Å². The van der Waals surface area contributed by atoms with Crippen LogP contribution in [0, 0.1) is 12.7 Å². The second-order valence-electron chi connectivity index (χ2n) is 7.05. The molecule has 0 saturated carbocycles. The summed E-state index contributed by atoms with van der Waals surface area (Å²) in [4.78, 5) is 27.1. The van der Waals surface area contributed by atoms with Crippen LogP contribution in [0.5, 0.6) is 5.75 Å². The van der Waals surface area contributed by atoms with Crippen LogP contribution in [0.4, 0.5) is 10.1 Å². The zero-order chi connectivity index (χ0) is 22.1. The van der Waals surface area contributed by atoms with Crippen LogP contribution in [0.25, 0.3) is 5.76 Å². The first-order valence-corrected chi connectivity index (χ1v) is 9.77. The first kappa shape index (κ1) is 20.4. The zero-order valence-corrected chi connectivity index (χ0v) is 17.0. The topological polar surface area (TPSA) is 80.0 Å². The van der Waals surface area contributed by atoms with Gasteiger partial charge in [-0.15, -0.1) is 0 Å². The van der Waals surface area contributed by atoms with Crippen LogP contribution < -0.4 is 9.64 Å². The molecule has 31 heavy (non-hydrogen) atoms. The van der Waals surface area contributed by atoms with Gasteiger partial charge in [0.1, 0.15) is 34.9 Å². The van der Waals surface area contributed by atoms with Crippen LogP contribution in [0.2, 0.25) is 0 Å². The van der Waals surface area contributed by atoms with Crippen LogP contribution in [0.1, 0.15) is 30.0 Å². The Labute approximate surface area is 178 Å². The van der Waals surface area contributed by atoms with E-state index in [9.17, 15) is 19.1 Å². The number of aryl methyl sites for hydroxylation is 1. The molecule has 2 aromatic carbocycles. The number of furan rings is 1. The molecule has 0 radical (unpaired) electrons. The van der Waals surface area contributed by atoms with Gasteiger partial charge in [-0.3, -0.25) is 14.5 Å². The van der Waals surface area contributed by atoms with E-state index in [-0.39, 0.29) is 22.8 Å². The summed E-state index contributed by atoms with van der Waals surface area (Å²) in [7, 11) is 0. The van der Waals surface area contributed by atoms with Gasteiger partial charge in [-0.1, -0.05) is 6.07 Å². The number of aliphatic hydroxyl groups is 1. The number of ketones is 1. The third-order valence-electron chi connectivity index (χ3n) is 5.00. The Morgan fingerprint density at radius 3 is 2.48 bits per heavy atom. The Kier molecular flexibility index (Phi) is 5.33. The van der Waals surface area contributed by atoms with E-state index in [0.717, 1.165) is 11.0 Å². The Morgan fingerprint density at radius 2 is 1.87 bits per heavy atom. The fraction of sp³-hybridized carbons (Fsp3) is 0.167. The first-order valence-electron chi connectivity index (χ1n) is 9.77. The minimum atomic E-state index is -1.04. The van der Waals surface area contributed by atoms with Gasteiger partial charge in [0.15, 0.2) is 0 Å². The Bertz CT molecular complexity index is 1180. The summed E-state index contributed by atoms with van der Waals surface area (Å²) in [6, 6.07) is 14.2. The summed E-state index contributed by atoms with van der Waals surface area (Å²) < 4.78 is 25.0. The molecule has 3 aromatic rings. The van der Waals surface area contributed by atoms with Crippen molar-refractivity contribution in [2.45, 2.75) is 19.9 Å². The highest BCUT2D eigenvalue weighted by Crippen LogP contribution is 2.42. The highest BCUT2D eigenvalue weighted by Gasteiger charge is 2.48. The van der Waals surface area contributed by atoms with Crippen molar-refractivity contribution in [3.63, 3.8) is 0 Å². The Morgan fingerprint density at radius 1 is 1.13 bits per heavy atom. The number of hydrogen-bond acceptors (Lipinski definition) is 5. The molecule has 1 aromatic heterocycles. The quantitative estimate of drug-likeness (QED) is 0.365. The zero-order valence-electron chi connectivity index (χ0n) is 17.0. The number of nitrogens with zero attached hydrogens (tertiary/aromatic N) is 1. The predicted molar refractivity (Wildman–Crippen MR) is 112 cm³/mol. The summed E-state index contributed by atoms with van der Waals surface area (Å²) >= 11 is 0. The van der Waals surface area contributed by atoms with E-state index in [2.05, 4.69) is 0 Å². The number of carbonyl (C=O) groups is 2. The van der Waals surface area contributed by atoms with Crippen molar-refractivity contribution in [1.82, 2.24) is 0 Å². The van der Waals surface area contributed by atoms with E-state index in [0.29, 0.717) is 23.7 Å². The minimum absolute atomic E-state index is 0.132. The van der Waals surface area contributed by atoms with Crippen molar-refractivity contribution < 1.29 is 28.2 Å². The maximum absolute atomic E-state index is 13.9. The van der Waals surface area contributed by atoms with E-state index in [1.165, 1.54) is 18.2 Å². The molecule has 0 spiro atoms. The monoisotopic (exact) mass is 421 g/mol. The van der Waals surface area contributed by atoms with E-state index in [4.69, 9.17) is 9.15 Å². The molecule has 4 rings (SSSR count). The highest BCUT2D eigenvalue weighted by atomic mass is 19.1. The van der Waals surface area contributed by atoms with Gasteiger partial charge in [0.2, 0.25) is 0 Å². The molecule has 1 aliphatic rings. The number of carbonyl (C=O) groups excluding carboxylic acids is 2. The molecule has 1 aliphatic heterocycles. The molecule has 1 saturated heterocycles. The average Bonchev–Trinajstić information content (AvgIpc) is 3.29. The molecule has 7 heteroatoms. The van der Waals surface area contributed by atoms with Crippen LogP contribution >= 0.6 is 0 Å². The minimum Gasteiger partial charge on any atom is -0.507 e. The summed E-state index contributed by atoms with van der Waals surface area (Å²) in [6.07, 6.45) is 0. The lowest BCUT2D eigenvalue weighted by molar-refractivity contribution is -0.132. The Hall–Kier alpha value is -3.87. The van der Waals surface area contributed by atoms with Crippen molar-refractivity contribution in [1.29, 1.82) is 0 Å². The second kappa shape index (κ2) is 8.10. The summed E-state index contributed by atoms with van der Waals surface area (Å²) in [5.74, 6) is -1.20. The van der Waals surface area contributed by atoms with E-state index in [1.807, 2.05) is 6.92 Å². The maximum Gasteiger partial charge on any atom is 0.300 e. The van der Waals surface area contributed by atoms with Crippen LogP contribution in [0.3, 0.4) is 0 Å². The molecule has 1 amide bonds. The van der Waals surface area contributed by atoms with E-state index in [1.54, 1.807) is 43.3 Å². The lowest BCUT2D eigenvalue weighted by Crippen LogP contribution is -2.29. The number of hydrogen-bond donors (Lipinski definition) is 1. The third-order valence-corrected chi connectivity index (χ3v) is 5.00. The van der Waals surface area contributed by atoms with Gasteiger partial charge in [-0.2, -0.15) is 0 Å². The van der Waals surface area contributed by atoms with Gasteiger partial charge >= 0.3 is 0 Å². The van der Waals surface area contributed by atoms with Crippen LogP contribution in [0.15, 0.2) is 70.7 Å². The number of Topliss-reactive ketones (excluding diaryl/α,β-unsaturated/α-hetero) is 1. The molecular formula is C24H20FNO5. The van der Waals surface area contributed by atoms with Crippen molar-refractivity contribution in [2.75, 3.05) is 11.5 Å². The number of anilines is 1. The second-order valence-corrected chi connectivity index (χ2v) is 7.05. The van der Waals surface area contributed by atoms with Crippen LogP contribution in [-0.2, 0) is 9.59 Å². The molecule has 1 N–H and O–H groups in total. The van der Waals surface area contributed by atoms with Gasteiger partial charge in [-0.25, -0.2) is 4.39 Å². The largest absolute Gasteiger partial charge is 0.507 e. The lowest BCUT2D eigenvalue weighted by atomic mass is 9.99. The molecule has 158 valence electrons.